The average Bonchev–Trinajstić information content (AvgIpc) is 2.97. The molecule has 0 fully saturated rings. The maximum atomic E-state index is 12.5. The molecule has 4 aromatic rings. The second kappa shape index (κ2) is 6.88. The highest BCUT2D eigenvalue weighted by atomic mass is 79.9. The first kappa shape index (κ1) is 17.8. The Morgan fingerprint density at radius 2 is 1.96 bits per heavy atom. The summed E-state index contributed by atoms with van der Waals surface area (Å²) in [7, 11) is 0. The largest absolute Gasteiger partial charge is 0.401 e. The Morgan fingerprint density at radius 3 is 2.73 bits per heavy atom. The van der Waals surface area contributed by atoms with Gasteiger partial charge in [0, 0.05) is 21.2 Å². The Labute approximate surface area is 176 Å². The highest BCUT2D eigenvalue weighted by molar-refractivity contribution is 9.11. The van der Waals surface area contributed by atoms with E-state index in [1.54, 1.807) is 36.5 Å². The van der Waals surface area contributed by atoms with E-state index in [1.165, 1.54) is 4.68 Å². The standard InChI is InChI=1S/C16H6Br3ClN4O2/c17-7-4-8-13(9(18)5-7)22-15(26-16(8)25)11-6-12(19)23-24(11)14-10(20)2-1-3-21-14/h1-6H. The molecule has 1 aromatic carbocycles. The molecule has 4 rings (SSSR count). The van der Waals surface area contributed by atoms with Crippen molar-refractivity contribution in [3.63, 3.8) is 0 Å². The van der Waals surface area contributed by atoms with Crippen molar-refractivity contribution in [2.75, 3.05) is 0 Å². The molecule has 0 saturated carbocycles. The number of pyridine rings is 1. The van der Waals surface area contributed by atoms with Crippen molar-refractivity contribution in [2.24, 2.45) is 0 Å². The van der Waals surface area contributed by atoms with Crippen molar-refractivity contribution < 1.29 is 4.42 Å². The first-order chi connectivity index (χ1) is 12.4. The van der Waals surface area contributed by atoms with E-state index in [0.717, 1.165) is 4.47 Å². The molecule has 10 heteroatoms. The first-order valence-electron chi connectivity index (χ1n) is 7.11. The van der Waals surface area contributed by atoms with Crippen LogP contribution < -0.4 is 5.63 Å². The summed E-state index contributed by atoms with van der Waals surface area (Å²) in [5, 5.41) is 5.09. The number of fused-ring (bicyclic) bond motifs is 1. The number of benzene rings is 1. The van der Waals surface area contributed by atoms with Crippen LogP contribution in [-0.2, 0) is 0 Å². The van der Waals surface area contributed by atoms with Crippen LogP contribution in [0.1, 0.15) is 0 Å². The Hall–Kier alpha value is -1.55. The van der Waals surface area contributed by atoms with Crippen LogP contribution in [-0.4, -0.2) is 19.7 Å². The molecule has 0 spiro atoms. The van der Waals surface area contributed by atoms with E-state index in [2.05, 4.69) is 62.9 Å². The third-order valence-electron chi connectivity index (χ3n) is 3.49. The van der Waals surface area contributed by atoms with Gasteiger partial charge < -0.3 is 4.42 Å². The highest BCUT2D eigenvalue weighted by Gasteiger charge is 2.19. The van der Waals surface area contributed by atoms with E-state index in [4.69, 9.17) is 16.0 Å². The van der Waals surface area contributed by atoms with Crippen molar-refractivity contribution in [2.45, 2.75) is 0 Å². The van der Waals surface area contributed by atoms with E-state index in [0.29, 0.717) is 36.5 Å². The summed E-state index contributed by atoms with van der Waals surface area (Å²) in [5.41, 5.74) is 0.407. The lowest BCUT2D eigenvalue weighted by atomic mass is 10.2. The van der Waals surface area contributed by atoms with Gasteiger partial charge in [-0.15, -0.1) is 0 Å². The Morgan fingerprint density at radius 1 is 1.15 bits per heavy atom. The van der Waals surface area contributed by atoms with E-state index in [1.807, 2.05) is 0 Å². The molecule has 0 saturated heterocycles. The molecule has 0 unspecified atom stereocenters. The van der Waals surface area contributed by atoms with Gasteiger partial charge in [0.15, 0.2) is 5.82 Å². The maximum Gasteiger partial charge on any atom is 0.347 e. The molecule has 3 heterocycles. The number of aromatic nitrogens is 4. The minimum atomic E-state index is -0.511. The van der Waals surface area contributed by atoms with Gasteiger partial charge in [-0.1, -0.05) is 27.5 Å². The van der Waals surface area contributed by atoms with Crippen LogP contribution in [0.4, 0.5) is 0 Å². The molecular weight excluding hydrogens is 555 g/mol. The van der Waals surface area contributed by atoms with Crippen molar-refractivity contribution in [3.8, 4) is 17.4 Å². The van der Waals surface area contributed by atoms with Crippen LogP contribution in [0.3, 0.4) is 0 Å². The van der Waals surface area contributed by atoms with E-state index in [-0.39, 0.29) is 5.89 Å². The van der Waals surface area contributed by atoms with E-state index >= 15 is 0 Å². The van der Waals surface area contributed by atoms with Gasteiger partial charge in [-0.3, -0.25) is 0 Å². The lowest BCUT2D eigenvalue weighted by Gasteiger charge is -2.07. The lowest BCUT2D eigenvalue weighted by Crippen LogP contribution is -2.07. The number of halogens is 4. The summed E-state index contributed by atoms with van der Waals surface area (Å²) in [4.78, 5) is 21.2. The van der Waals surface area contributed by atoms with Gasteiger partial charge in [0.1, 0.15) is 10.3 Å². The fraction of sp³-hybridized carbons (Fsp3) is 0. The number of rotatable bonds is 2. The molecule has 0 amide bonds. The number of hydrogen-bond acceptors (Lipinski definition) is 5. The molecule has 0 N–H and O–H groups in total. The topological polar surface area (TPSA) is 73.8 Å². The van der Waals surface area contributed by atoms with Crippen LogP contribution in [0.2, 0.25) is 5.02 Å². The van der Waals surface area contributed by atoms with E-state index < -0.39 is 5.63 Å². The van der Waals surface area contributed by atoms with Gasteiger partial charge in [0.05, 0.1) is 15.9 Å². The molecule has 3 aromatic heterocycles. The quantitative estimate of drug-likeness (QED) is 0.329. The van der Waals surface area contributed by atoms with Gasteiger partial charge >= 0.3 is 5.63 Å². The Balaban J connectivity index is 2.01. The summed E-state index contributed by atoms with van der Waals surface area (Å²) in [6.07, 6.45) is 1.60. The first-order valence-corrected chi connectivity index (χ1v) is 9.86. The van der Waals surface area contributed by atoms with Crippen LogP contribution in [0, 0.1) is 0 Å². The SMILES string of the molecule is O=c1oc(-c2cc(Br)nn2-c2ncccc2Cl)nc2c(Br)cc(Br)cc12. The lowest BCUT2D eigenvalue weighted by molar-refractivity contribution is 0.513. The third-order valence-corrected chi connectivity index (χ3v) is 5.23. The number of nitrogens with zero attached hydrogens (tertiary/aromatic N) is 4. The van der Waals surface area contributed by atoms with Gasteiger partial charge in [-0.25, -0.2) is 19.4 Å². The zero-order chi connectivity index (χ0) is 18.4. The van der Waals surface area contributed by atoms with Gasteiger partial charge in [0.2, 0.25) is 5.89 Å². The molecule has 26 heavy (non-hydrogen) atoms. The summed E-state index contributed by atoms with van der Waals surface area (Å²) >= 11 is 16.3. The highest BCUT2D eigenvalue weighted by Crippen LogP contribution is 2.30. The fourth-order valence-electron chi connectivity index (χ4n) is 2.41. The molecule has 0 aliphatic carbocycles. The molecule has 0 radical (unpaired) electrons. The molecule has 0 aliphatic heterocycles. The fourth-order valence-corrected chi connectivity index (χ4v) is 4.30. The van der Waals surface area contributed by atoms with Crippen LogP contribution in [0.25, 0.3) is 28.3 Å². The number of hydrogen-bond donors (Lipinski definition) is 0. The van der Waals surface area contributed by atoms with Crippen molar-refractivity contribution in [3.05, 3.63) is 65.5 Å². The minimum Gasteiger partial charge on any atom is -0.401 e. The summed E-state index contributed by atoms with van der Waals surface area (Å²) in [5.74, 6) is 0.500. The van der Waals surface area contributed by atoms with E-state index in [9.17, 15) is 4.79 Å². The maximum absolute atomic E-state index is 12.5. The molecule has 0 bridgehead atoms. The van der Waals surface area contributed by atoms with Gasteiger partial charge in [0.25, 0.3) is 0 Å². The third kappa shape index (κ3) is 3.13. The predicted octanol–water partition coefficient (Wildman–Crippen LogP) is 5.38. The molecule has 0 aliphatic rings. The Bertz CT molecular complexity index is 1220. The Kier molecular flexibility index (Phi) is 4.72. The van der Waals surface area contributed by atoms with Crippen molar-refractivity contribution >= 4 is 70.3 Å². The average molecular weight is 561 g/mol. The van der Waals surface area contributed by atoms with Crippen LogP contribution in [0.5, 0.6) is 0 Å². The second-order valence-electron chi connectivity index (χ2n) is 5.16. The van der Waals surface area contributed by atoms with Crippen molar-refractivity contribution in [1.29, 1.82) is 0 Å². The molecule has 6 nitrogen and oxygen atoms in total. The summed E-state index contributed by atoms with van der Waals surface area (Å²) in [6.45, 7) is 0. The molecule has 0 atom stereocenters. The zero-order valence-electron chi connectivity index (χ0n) is 12.6. The monoisotopic (exact) mass is 558 g/mol. The van der Waals surface area contributed by atoms with Crippen molar-refractivity contribution in [1.82, 2.24) is 19.7 Å². The predicted molar refractivity (Wildman–Crippen MR) is 109 cm³/mol. The summed E-state index contributed by atoms with van der Waals surface area (Å²) < 4.78 is 8.84. The summed E-state index contributed by atoms with van der Waals surface area (Å²) in [6, 6.07) is 8.55. The minimum absolute atomic E-state index is 0.102. The molecular formula is C16H6Br3ClN4O2. The zero-order valence-corrected chi connectivity index (χ0v) is 18.1. The van der Waals surface area contributed by atoms with Crippen LogP contribution >= 0.6 is 59.4 Å². The normalized spacial score (nSPS) is 11.2. The van der Waals surface area contributed by atoms with Gasteiger partial charge in [-0.2, -0.15) is 5.10 Å². The van der Waals surface area contributed by atoms with Gasteiger partial charge in [-0.05, 0) is 56.1 Å². The smallest absolute Gasteiger partial charge is 0.347 e. The molecule has 130 valence electrons. The van der Waals surface area contributed by atoms with Crippen LogP contribution in [0.15, 0.2) is 59.3 Å². The second-order valence-corrected chi connectivity index (χ2v) is 8.15.